The van der Waals surface area contributed by atoms with E-state index >= 15 is 0 Å². The van der Waals surface area contributed by atoms with Crippen LogP contribution in [0.1, 0.15) is 80.3 Å². The van der Waals surface area contributed by atoms with Gasteiger partial charge in [-0.25, -0.2) is 0 Å². The summed E-state index contributed by atoms with van der Waals surface area (Å²) in [6.07, 6.45) is 10.2. The molecule has 1 saturated carbocycles. The summed E-state index contributed by atoms with van der Waals surface area (Å²) < 4.78 is 25.3. The van der Waals surface area contributed by atoms with Crippen molar-refractivity contribution in [2.45, 2.75) is 69.8 Å². The molecule has 1 fully saturated rings. The summed E-state index contributed by atoms with van der Waals surface area (Å²) in [6, 6.07) is 37.2. The quantitative estimate of drug-likeness (QED) is 0.151. The molecule has 1 heterocycles. The molecule has 0 radical (unpaired) electrons. The molecule has 3 aliphatic rings. The molecule has 2 aliphatic carbocycles. The Morgan fingerprint density at radius 1 is 0.632 bits per heavy atom. The minimum atomic E-state index is -0.899. The Hall–Kier alpha value is -5.13. The predicted octanol–water partition coefficient (Wildman–Crippen LogP) is 13.4. The second-order valence-corrected chi connectivity index (χ2v) is 18.8. The molecule has 0 saturated heterocycles. The zero-order chi connectivity index (χ0) is 39.9. The van der Waals surface area contributed by atoms with E-state index in [1.807, 2.05) is 36.0 Å². The van der Waals surface area contributed by atoms with Crippen LogP contribution in [-0.4, -0.2) is 27.6 Å². The van der Waals surface area contributed by atoms with Gasteiger partial charge in [-0.15, -0.1) is 11.8 Å². The molecular weight excluding hydrogens is 721 g/mol. The van der Waals surface area contributed by atoms with Crippen molar-refractivity contribution in [1.82, 2.24) is 0 Å². The Morgan fingerprint density at radius 2 is 1.25 bits per heavy atom. The molecule has 0 N–H and O–H groups in total. The lowest BCUT2D eigenvalue weighted by molar-refractivity contribution is 0.0641. The van der Waals surface area contributed by atoms with Gasteiger partial charge in [0, 0.05) is 38.0 Å². The lowest BCUT2D eigenvalue weighted by atomic mass is 9.52. The van der Waals surface area contributed by atoms with Crippen LogP contribution in [0, 0.1) is 17.8 Å². The van der Waals surface area contributed by atoms with Crippen LogP contribution in [0.25, 0.3) is 39.1 Å². The van der Waals surface area contributed by atoms with Gasteiger partial charge >= 0.3 is 0 Å². The maximum Gasteiger partial charge on any atom is 0.178 e. The average molecular weight is 773 g/mol. The zero-order valence-electron chi connectivity index (χ0n) is 34.6. The van der Waals surface area contributed by atoms with Gasteiger partial charge in [-0.1, -0.05) is 93.9 Å². The highest BCUT2D eigenvalue weighted by Crippen LogP contribution is 2.67. The van der Waals surface area contributed by atoms with E-state index in [0.29, 0.717) is 0 Å². The molecule has 1 atom stereocenters. The summed E-state index contributed by atoms with van der Waals surface area (Å²) in [5.41, 5.74) is 11.1. The van der Waals surface area contributed by atoms with Gasteiger partial charge in [0.2, 0.25) is 0 Å². The first-order valence-electron chi connectivity index (χ1n) is 20.0. The van der Waals surface area contributed by atoms with E-state index in [0.717, 1.165) is 68.9 Å². The summed E-state index contributed by atoms with van der Waals surface area (Å²) >= 11 is 1.82. The van der Waals surface area contributed by atoms with Crippen LogP contribution in [0.3, 0.4) is 0 Å². The summed E-state index contributed by atoms with van der Waals surface area (Å²) in [5, 5.41) is 2.22. The number of fused-ring (bicyclic) bond motifs is 10. The highest BCUT2D eigenvalue weighted by Gasteiger charge is 2.55. The van der Waals surface area contributed by atoms with Crippen molar-refractivity contribution in [3.63, 3.8) is 0 Å². The Morgan fingerprint density at radius 3 is 1.84 bits per heavy atom. The maximum absolute atomic E-state index is 7.83. The van der Waals surface area contributed by atoms with E-state index in [4.69, 9.17) is 18.9 Å². The predicted molar refractivity (Wildman–Crippen MR) is 237 cm³/mol. The number of ether oxygens (including phenoxy) is 4. The highest BCUT2D eigenvalue weighted by atomic mass is 32.2. The normalized spacial score (nSPS) is 19.4. The van der Waals surface area contributed by atoms with Crippen molar-refractivity contribution in [2.75, 3.05) is 27.6 Å². The van der Waals surface area contributed by atoms with Crippen molar-refractivity contribution < 1.29 is 18.9 Å². The summed E-state index contributed by atoms with van der Waals surface area (Å²) in [6.45, 7) is 12.0. The molecular formula is C52H52O4S. The van der Waals surface area contributed by atoms with Crippen LogP contribution in [0.2, 0.25) is 0 Å². The first-order valence-corrected chi connectivity index (χ1v) is 21.2. The molecule has 57 heavy (non-hydrogen) atoms. The van der Waals surface area contributed by atoms with Gasteiger partial charge in [0.05, 0.1) is 21.3 Å². The smallest absolute Gasteiger partial charge is 0.178 e. The van der Waals surface area contributed by atoms with Gasteiger partial charge in [0.15, 0.2) is 5.60 Å². The van der Waals surface area contributed by atoms with Crippen LogP contribution in [0.5, 0.6) is 23.0 Å². The highest BCUT2D eigenvalue weighted by molar-refractivity contribution is 7.98. The van der Waals surface area contributed by atoms with Crippen LogP contribution >= 0.6 is 11.8 Å². The minimum absolute atomic E-state index is 0.113. The summed E-state index contributed by atoms with van der Waals surface area (Å²) in [7, 11) is 5.20. The van der Waals surface area contributed by atoms with Crippen LogP contribution in [-0.2, 0) is 11.0 Å². The number of benzene rings is 6. The van der Waals surface area contributed by atoms with E-state index in [2.05, 4.69) is 132 Å². The molecule has 0 amide bonds. The van der Waals surface area contributed by atoms with Crippen LogP contribution < -0.4 is 18.9 Å². The second kappa shape index (κ2) is 13.5. The molecule has 9 rings (SSSR count). The van der Waals surface area contributed by atoms with Crippen molar-refractivity contribution in [2.24, 2.45) is 10.8 Å². The van der Waals surface area contributed by atoms with E-state index in [1.165, 1.54) is 44.7 Å². The Labute approximate surface area is 342 Å². The first kappa shape index (κ1) is 37.4. The number of aryl methyl sites for hydroxylation is 1. The third kappa shape index (κ3) is 5.95. The number of rotatable bonds is 7. The van der Waals surface area contributed by atoms with Gasteiger partial charge in [0.25, 0.3) is 0 Å². The summed E-state index contributed by atoms with van der Waals surface area (Å²) in [4.78, 5) is 1.30. The fraction of sp³-hybridized carbons (Fsp3) is 0.308. The molecule has 0 aromatic heterocycles. The number of thioether (sulfide) groups is 1. The van der Waals surface area contributed by atoms with Gasteiger partial charge < -0.3 is 18.9 Å². The first-order chi connectivity index (χ1) is 27.3. The Kier molecular flexibility index (Phi) is 8.86. The van der Waals surface area contributed by atoms with Gasteiger partial charge in [-0.3, -0.25) is 0 Å². The molecule has 4 nitrogen and oxygen atoms in total. The fourth-order valence-corrected chi connectivity index (χ4v) is 11.5. The van der Waals surface area contributed by atoms with Gasteiger partial charge in [0.1, 0.15) is 23.0 Å². The SMILES string of the molecule is COc1ccc(-c2cc3c4c(c5c(c3cc2OC)-c2ccc(SC)cc2C52CC(C)(C)CC(C)(C)C2)C=CC(c2ccc(C)cc2)(c2ccc(OC)cc2)O4)cc1. The largest absolute Gasteiger partial charge is 0.497 e. The van der Waals surface area contributed by atoms with E-state index in [-0.39, 0.29) is 16.2 Å². The standard InChI is InChI=1S/C52H52O4S/c1-32-10-14-34(15-11-32)52(35-16-20-37(54-7)21-17-35)25-24-40-47-46(39-23-22-38(57-9)26-44(39)51(47)30-49(2,3)29-50(4,5)31-51)42-28-45(55-8)41(27-43(42)48(40)56-52)33-12-18-36(53-6)19-13-33/h10-28H,29-31H2,1-9H3. The van der Waals surface area contributed by atoms with Crippen LogP contribution in [0.4, 0.5) is 0 Å². The monoisotopic (exact) mass is 772 g/mol. The molecule has 5 heteroatoms. The number of methoxy groups -OCH3 is 3. The molecule has 6 aromatic rings. The molecule has 1 unspecified atom stereocenters. The third-order valence-corrected chi connectivity index (χ3v) is 13.5. The van der Waals surface area contributed by atoms with Gasteiger partial charge in [-0.2, -0.15) is 0 Å². The summed E-state index contributed by atoms with van der Waals surface area (Å²) in [5.74, 6) is 3.35. The third-order valence-electron chi connectivity index (χ3n) is 12.8. The molecule has 0 bridgehead atoms. The molecule has 1 spiro atoms. The van der Waals surface area contributed by atoms with Gasteiger partial charge in [-0.05, 0) is 131 Å². The number of hydrogen-bond donors (Lipinski definition) is 0. The maximum atomic E-state index is 7.83. The van der Waals surface area contributed by atoms with Crippen molar-refractivity contribution >= 4 is 28.6 Å². The Balaban J connectivity index is 1.42. The minimum Gasteiger partial charge on any atom is -0.497 e. The zero-order valence-corrected chi connectivity index (χ0v) is 35.4. The number of hydrogen-bond acceptors (Lipinski definition) is 5. The topological polar surface area (TPSA) is 36.9 Å². The van der Waals surface area contributed by atoms with Crippen molar-refractivity contribution in [1.29, 1.82) is 0 Å². The molecule has 1 aliphatic heterocycles. The van der Waals surface area contributed by atoms with Crippen molar-refractivity contribution in [3.05, 3.63) is 143 Å². The van der Waals surface area contributed by atoms with E-state index in [1.54, 1.807) is 21.3 Å². The van der Waals surface area contributed by atoms with Crippen molar-refractivity contribution in [3.8, 4) is 45.3 Å². The van der Waals surface area contributed by atoms with Crippen LogP contribution in [0.15, 0.2) is 114 Å². The Bertz CT molecular complexity index is 2550. The second-order valence-electron chi connectivity index (χ2n) is 17.9. The average Bonchev–Trinajstić information content (AvgIpc) is 3.46. The van der Waals surface area contributed by atoms with E-state index in [9.17, 15) is 0 Å². The molecule has 6 aromatic carbocycles. The fourth-order valence-electron chi connectivity index (χ4n) is 11.1. The van der Waals surface area contributed by atoms with E-state index < -0.39 is 5.60 Å². The lowest BCUT2D eigenvalue weighted by Gasteiger charge is -2.52. The molecule has 290 valence electrons. The lowest BCUT2D eigenvalue weighted by Crippen LogP contribution is -2.44.